The quantitative estimate of drug-likeness (QED) is 0.773. The van der Waals surface area contributed by atoms with E-state index in [2.05, 4.69) is 23.1 Å². The first-order chi connectivity index (χ1) is 15.0. The Morgan fingerprint density at radius 1 is 1.03 bits per heavy atom. The monoisotopic (exact) mass is 422 g/mol. The van der Waals surface area contributed by atoms with Gasteiger partial charge in [-0.1, -0.05) is 30.3 Å². The van der Waals surface area contributed by atoms with Crippen LogP contribution in [0, 0.1) is 0 Å². The second kappa shape index (κ2) is 9.39. The summed E-state index contributed by atoms with van der Waals surface area (Å²) in [7, 11) is 1.95. The molecule has 1 saturated heterocycles. The highest BCUT2D eigenvalue weighted by atomic mass is 16.5. The van der Waals surface area contributed by atoms with E-state index >= 15 is 0 Å². The summed E-state index contributed by atoms with van der Waals surface area (Å²) in [5.74, 6) is -0.153. The van der Waals surface area contributed by atoms with Crippen molar-refractivity contribution in [3.8, 4) is 5.75 Å². The number of carbonyl (C=O) groups is 2. The molecule has 1 atom stereocenters. The Kier molecular flexibility index (Phi) is 6.42. The number of primary amides is 1. The van der Waals surface area contributed by atoms with Gasteiger partial charge in [0, 0.05) is 25.3 Å². The Morgan fingerprint density at radius 3 is 2.45 bits per heavy atom. The van der Waals surface area contributed by atoms with Crippen molar-refractivity contribution >= 4 is 23.2 Å². The molecule has 0 spiro atoms. The Labute approximate surface area is 183 Å². The van der Waals surface area contributed by atoms with Gasteiger partial charge in [-0.2, -0.15) is 0 Å². The van der Waals surface area contributed by atoms with Gasteiger partial charge in [-0.3, -0.25) is 14.5 Å². The molecule has 7 nitrogen and oxygen atoms in total. The van der Waals surface area contributed by atoms with Crippen molar-refractivity contribution in [1.29, 1.82) is 0 Å². The fourth-order valence-corrected chi connectivity index (χ4v) is 4.37. The first-order valence-electron chi connectivity index (χ1n) is 10.9. The standard InChI is InChI=1S/C24H30N4O3/c1-26(15-18-9-3-4-10-19(18)27-13-7-2-8-14-27)17-23(29)28-16-22(24(25)30)31-21-12-6-5-11-20(21)28/h3-6,9-12,22H,2,7-8,13-17H2,1H3,(H2,25,30)/t22-/m0/s1. The van der Waals surface area contributed by atoms with Gasteiger partial charge >= 0.3 is 0 Å². The largest absolute Gasteiger partial charge is 0.477 e. The molecule has 2 amide bonds. The lowest BCUT2D eigenvalue weighted by Gasteiger charge is -2.34. The Morgan fingerprint density at radius 2 is 1.71 bits per heavy atom. The number of para-hydroxylation sites is 3. The molecule has 2 aliphatic rings. The summed E-state index contributed by atoms with van der Waals surface area (Å²) >= 11 is 0. The number of nitrogens with two attached hydrogens (primary N) is 1. The van der Waals surface area contributed by atoms with Crippen molar-refractivity contribution in [2.45, 2.75) is 31.9 Å². The normalized spacial score (nSPS) is 18.5. The van der Waals surface area contributed by atoms with Gasteiger partial charge in [0.05, 0.1) is 18.8 Å². The van der Waals surface area contributed by atoms with Crippen LogP contribution >= 0.6 is 0 Å². The van der Waals surface area contributed by atoms with Gasteiger partial charge in [0.15, 0.2) is 6.10 Å². The van der Waals surface area contributed by atoms with Crippen molar-refractivity contribution in [3.05, 3.63) is 54.1 Å². The third-order valence-corrected chi connectivity index (χ3v) is 5.93. The maximum Gasteiger partial charge on any atom is 0.260 e. The minimum Gasteiger partial charge on any atom is -0.477 e. The van der Waals surface area contributed by atoms with Gasteiger partial charge in [0.2, 0.25) is 5.91 Å². The maximum atomic E-state index is 13.2. The Bertz CT molecular complexity index is 942. The fourth-order valence-electron chi connectivity index (χ4n) is 4.37. The van der Waals surface area contributed by atoms with Gasteiger partial charge in [-0.25, -0.2) is 0 Å². The van der Waals surface area contributed by atoms with E-state index in [-0.39, 0.29) is 19.0 Å². The van der Waals surface area contributed by atoms with Crippen LogP contribution in [-0.2, 0) is 16.1 Å². The van der Waals surface area contributed by atoms with Crippen LogP contribution in [0.4, 0.5) is 11.4 Å². The van der Waals surface area contributed by atoms with Crippen molar-refractivity contribution < 1.29 is 14.3 Å². The molecule has 4 rings (SSSR count). The molecule has 2 N–H and O–H groups in total. The van der Waals surface area contributed by atoms with Gasteiger partial charge in [0.1, 0.15) is 5.75 Å². The predicted molar refractivity (Wildman–Crippen MR) is 121 cm³/mol. The smallest absolute Gasteiger partial charge is 0.260 e. The molecule has 0 saturated carbocycles. The number of ether oxygens (including phenoxy) is 1. The third kappa shape index (κ3) is 4.82. The van der Waals surface area contributed by atoms with Crippen LogP contribution in [0.5, 0.6) is 5.75 Å². The maximum absolute atomic E-state index is 13.2. The lowest BCUT2D eigenvalue weighted by Crippen LogP contribution is -2.51. The van der Waals surface area contributed by atoms with Crippen LogP contribution in [0.25, 0.3) is 0 Å². The zero-order valence-corrected chi connectivity index (χ0v) is 18.0. The third-order valence-electron chi connectivity index (χ3n) is 5.93. The van der Waals surface area contributed by atoms with Crippen LogP contribution in [0.15, 0.2) is 48.5 Å². The summed E-state index contributed by atoms with van der Waals surface area (Å²) in [6.07, 6.45) is 2.89. The SMILES string of the molecule is CN(CC(=O)N1C[C@@H](C(N)=O)Oc2ccccc21)Cc1ccccc1N1CCCCC1. The molecule has 0 radical (unpaired) electrons. The molecule has 0 bridgehead atoms. The summed E-state index contributed by atoms with van der Waals surface area (Å²) in [5.41, 5.74) is 8.61. The zero-order chi connectivity index (χ0) is 21.8. The second-order valence-corrected chi connectivity index (χ2v) is 8.33. The number of fused-ring (bicyclic) bond motifs is 1. The first-order valence-corrected chi connectivity index (χ1v) is 10.9. The molecule has 2 heterocycles. The number of nitrogens with zero attached hydrogens (tertiary/aromatic N) is 3. The molecule has 31 heavy (non-hydrogen) atoms. The average Bonchev–Trinajstić information content (AvgIpc) is 2.79. The molecule has 7 heteroatoms. The van der Waals surface area contributed by atoms with Crippen LogP contribution in [-0.4, -0.2) is 56.0 Å². The van der Waals surface area contributed by atoms with E-state index in [1.165, 1.54) is 30.5 Å². The van der Waals surface area contributed by atoms with E-state index in [9.17, 15) is 9.59 Å². The zero-order valence-electron chi connectivity index (χ0n) is 18.0. The Balaban J connectivity index is 1.46. The number of rotatable bonds is 6. The topological polar surface area (TPSA) is 79.1 Å². The summed E-state index contributed by atoms with van der Waals surface area (Å²) < 4.78 is 5.67. The number of amides is 2. The molecular weight excluding hydrogens is 392 g/mol. The van der Waals surface area contributed by atoms with Crippen LogP contribution in [0.2, 0.25) is 0 Å². The van der Waals surface area contributed by atoms with E-state index in [0.29, 0.717) is 18.0 Å². The van der Waals surface area contributed by atoms with Gasteiger partial charge in [-0.05, 0) is 50.1 Å². The Hall–Kier alpha value is -3.06. The van der Waals surface area contributed by atoms with E-state index in [0.717, 1.165) is 13.1 Å². The van der Waals surface area contributed by atoms with E-state index in [1.807, 2.05) is 36.2 Å². The number of likely N-dealkylation sites (N-methyl/N-ethyl adjacent to an activating group) is 1. The number of benzene rings is 2. The lowest BCUT2D eigenvalue weighted by atomic mass is 10.1. The minimum atomic E-state index is -0.844. The summed E-state index contributed by atoms with van der Waals surface area (Å²) in [6, 6.07) is 15.7. The molecular formula is C24H30N4O3. The van der Waals surface area contributed by atoms with Gasteiger partial charge < -0.3 is 20.3 Å². The number of hydrogen-bond donors (Lipinski definition) is 1. The molecule has 164 valence electrons. The highest BCUT2D eigenvalue weighted by Crippen LogP contribution is 2.33. The fraction of sp³-hybridized carbons (Fsp3) is 0.417. The number of carbonyl (C=O) groups excluding carboxylic acids is 2. The van der Waals surface area contributed by atoms with Gasteiger partial charge in [-0.15, -0.1) is 0 Å². The number of hydrogen-bond acceptors (Lipinski definition) is 5. The van der Waals surface area contributed by atoms with E-state index < -0.39 is 12.0 Å². The lowest BCUT2D eigenvalue weighted by molar-refractivity contribution is -0.125. The molecule has 0 aromatic heterocycles. The van der Waals surface area contributed by atoms with Crippen molar-refractivity contribution in [2.24, 2.45) is 5.73 Å². The van der Waals surface area contributed by atoms with Crippen molar-refractivity contribution in [1.82, 2.24) is 4.90 Å². The van der Waals surface area contributed by atoms with E-state index in [1.54, 1.807) is 11.0 Å². The van der Waals surface area contributed by atoms with Crippen LogP contribution in [0.1, 0.15) is 24.8 Å². The number of piperidine rings is 1. The molecule has 1 fully saturated rings. The molecule has 0 aliphatic carbocycles. The summed E-state index contributed by atoms with van der Waals surface area (Å²) in [4.78, 5) is 31.0. The van der Waals surface area contributed by atoms with Gasteiger partial charge in [0.25, 0.3) is 5.91 Å². The molecule has 0 unspecified atom stereocenters. The highest BCUT2D eigenvalue weighted by Gasteiger charge is 2.32. The molecule has 2 aliphatic heterocycles. The average molecular weight is 423 g/mol. The van der Waals surface area contributed by atoms with Crippen LogP contribution in [0.3, 0.4) is 0 Å². The van der Waals surface area contributed by atoms with Crippen molar-refractivity contribution in [2.75, 3.05) is 43.0 Å². The summed E-state index contributed by atoms with van der Waals surface area (Å²) in [6.45, 7) is 3.19. The minimum absolute atomic E-state index is 0.0834. The predicted octanol–water partition coefficient (Wildman–Crippen LogP) is 2.39. The second-order valence-electron chi connectivity index (χ2n) is 8.33. The molecule has 2 aromatic carbocycles. The highest BCUT2D eigenvalue weighted by molar-refractivity contribution is 5.98. The van der Waals surface area contributed by atoms with E-state index in [4.69, 9.17) is 10.5 Å². The number of anilines is 2. The van der Waals surface area contributed by atoms with Crippen LogP contribution < -0.4 is 20.3 Å². The summed E-state index contributed by atoms with van der Waals surface area (Å²) in [5, 5.41) is 0. The molecule has 2 aromatic rings. The van der Waals surface area contributed by atoms with Crippen molar-refractivity contribution in [3.63, 3.8) is 0 Å². The first kappa shape index (κ1) is 21.2.